The van der Waals surface area contributed by atoms with E-state index in [9.17, 15) is 4.79 Å². The van der Waals surface area contributed by atoms with E-state index in [1.807, 2.05) is 38.1 Å². The van der Waals surface area contributed by atoms with Gasteiger partial charge in [-0.1, -0.05) is 12.1 Å². The second-order valence-corrected chi connectivity index (χ2v) is 5.95. The van der Waals surface area contributed by atoms with Gasteiger partial charge in [0.15, 0.2) is 5.82 Å². The van der Waals surface area contributed by atoms with E-state index in [0.29, 0.717) is 11.7 Å². The molecular weight excluding hydrogens is 280 g/mol. The summed E-state index contributed by atoms with van der Waals surface area (Å²) in [5.74, 6) is 1.24. The van der Waals surface area contributed by atoms with E-state index in [-0.39, 0.29) is 12.4 Å². The Morgan fingerprint density at radius 3 is 2.82 bits per heavy atom. The molecule has 0 fully saturated rings. The van der Waals surface area contributed by atoms with Gasteiger partial charge in [-0.05, 0) is 32.9 Å². The van der Waals surface area contributed by atoms with Crippen LogP contribution >= 0.6 is 0 Å². The van der Waals surface area contributed by atoms with E-state index in [1.54, 1.807) is 13.0 Å². The summed E-state index contributed by atoms with van der Waals surface area (Å²) in [6, 6.07) is 9.58. The van der Waals surface area contributed by atoms with Crippen LogP contribution in [-0.4, -0.2) is 32.6 Å². The van der Waals surface area contributed by atoms with E-state index >= 15 is 0 Å². The predicted octanol–water partition coefficient (Wildman–Crippen LogP) is 2.95. The number of carbonyl (C=O) groups is 1. The number of para-hydroxylation sites is 2. The molecule has 0 amide bonds. The maximum Gasteiger partial charge on any atom is 0.233 e. The third kappa shape index (κ3) is 2.72. The summed E-state index contributed by atoms with van der Waals surface area (Å²) in [6.45, 7) is 5.55. The van der Waals surface area contributed by atoms with Gasteiger partial charge in [0.2, 0.25) is 5.88 Å². The summed E-state index contributed by atoms with van der Waals surface area (Å²) in [5.41, 5.74) is 2.07. The van der Waals surface area contributed by atoms with Crippen LogP contribution in [0.3, 0.4) is 0 Å². The number of aromatic nitrogens is 4. The quantitative estimate of drug-likeness (QED) is 0.758. The molecule has 0 radical (unpaired) electrons. The van der Waals surface area contributed by atoms with Gasteiger partial charge in [-0.25, -0.2) is 4.98 Å². The molecule has 0 aliphatic rings. The van der Waals surface area contributed by atoms with E-state index in [4.69, 9.17) is 4.74 Å². The molecule has 0 aliphatic carbocycles. The number of hydrogen-bond donors (Lipinski definition) is 2. The molecule has 0 bridgehead atoms. The predicted molar refractivity (Wildman–Crippen MR) is 83.6 cm³/mol. The number of ether oxygens (including phenoxy) is 1. The number of H-pyrrole nitrogens is 2. The lowest BCUT2D eigenvalue weighted by molar-refractivity contribution is -0.126. The van der Waals surface area contributed by atoms with Gasteiger partial charge in [0.1, 0.15) is 18.1 Å². The average molecular weight is 298 g/mol. The number of hydrogen-bond acceptors (Lipinski definition) is 4. The zero-order valence-electron chi connectivity index (χ0n) is 12.8. The van der Waals surface area contributed by atoms with Gasteiger partial charge < -0.3 is 9.72 Å². The van der Waals surface area contributed by atoms with Gasteiger partial charge in [0.05, 0.1) is 16.4 Å². The minimum absolute atomic E-state index is 0.0838. The second-order valence-electron chi connectivity index (χ2n) is 5.95. The Morgan fingerprint density at radius 1 is 1.32 bits per heavy atom. The molecule has 2 N–H and O–H groups in total. The van der Waals surface area contributed by atoms with E-state index in [1.165, 1.54) is 0 Å². The highest BCUT2D eigenvalue weighted by Gasteiger charge is 2.25. The molecule has 0 saturated carbocycles. The number of Topliss-reactive ketones (excluding diaryl/α,β-unsaturated/α-hetero) is 1. The molecule has 0 saturated heterocycles. The lowest BCUT2D eigenvalue weighted by Gasteiger charge is -2.20. The molecule has 2 aromatic heterocycles. The largest absolute Gasteiger partial charge is 0.476 e. The van der Waals surface area contributed by atoms with Crippen LogP contribution in [0, 0.1) is 5.41 Å². The average Bonchev–Trinajstić information content (AvgIpc) is 3.11. The maximum atomic E-state index is 11.5. The van der Waals surface area contributed by atoms with Crippen LogP contribution in [0.4, 0.5) is 0 Å². The van der Waals surface area contributed by atoms with Crippen molar-refractivity contribution >= 4 is 16.8 Å². The van der Waals surface area contributed by atoms with Crippen molar-refractivity contribution < 1.29 is 9.53 Å². The Bertz CT molecular complexity index is 783. The smallest absolute Gasteiger partial charge is 0.233 e. The van der Waals surface area contributed by atoms with Crippen molar-refractivity contribution in [1.82, 2.24) is 20.2 Å². The molecule has 0 aliphatic heterocycles. The normalized spacial score (nSPS) is 11.8. The summed E-state index contributed by atoms with van der Waals surface area (Å²) in [6.07, 6.45) is 0. The fourth-order valence-corrected chi connectivity index (χ4v) is 1.93. The highest BCUT2D eigenvalue weighted by Crippen LogP contribution is 2.23. The molecular formula is C16H18N4O2. The van der Waals surface area contributed by atoms with Crippen molar-refractivity contribution in [3.8, 4) is 17.4 Å². The number of nitrogens with zero attached hydrogens (tertiary/aromatic N) is 2. The molecule has 3 aromatic rings. The number of nitrogens with one attached hydrogen (secondary N) is 2. The van der Waals surface area contributed by atoms with Gasteiger partial charge >= 0.3 is 0 Å². The lowest BCUT2D eigenvalue weighted by atomic mass is 9.90. The first kappa shape index (κ1) is 14.3. The van der Waals surface area contributed by atoms with Gasteiger partial charge in [-0.15, -0.1) is 5.10 Å². The van der Waals surface area contributed by atoms with Crippen molar-refractivity contribution in [2.24, 2.45) is 5.41 Å². The van der Waals surface area contributed by atoms with Crippen LogP contribution in [-0.2, 0) is 4.79 Å². The molecule has 6 heteroatoms. The van der Waals surface area contributed by atoms with Gasteiger partial charge in [-0.3, -0.25) is 9.89 Å². The minimum atomic E-state index is -0.529. The Balaban J connectivity index is 1.77. The summed E-state index contributed by atoms with van der Waals surface area (Å²) in [5, 5.41) is 7.00. The highest BCUT2D eigenvalue weighted by atomic mass is 16.5. The van der Waals surface area contributed by atoms with Crippen LogP contribution in [0.15, 0.2) is 30.3 Å². The first-order valence-electron chi connectivity index (χ1n) is 7.10. The van der Waals surface area contributed by atoms with Crippen molar-refractivity contribution in [2.75, 3.05) is 6.61 Å². The van der Waals surface area contributed by atoms with Crippen molar-refractivity contribution in [1.29, 1.82) is 0 Å². The van der Waals surface area contributed by atoms with Crippen molar-refractivity contribution in [3.63, 3.8) is 0 Å². The van der Waals surface area contributed by atoms with Crippen molar-refractivity contribution in [2.45, 2.75) is 20.8 Å². The van der Waals surface area contributed by atoms with Gasteiger partial charge in [0.25, 0.3) is 0 Å². The Labute approximate surface area is 127 Å². The molecule has 22 heavy (non-hydrogen) atoms. The molecule has 0 unspecified atom stereocenters. The zero-order valence-corrected chi connectivity index (χ0v) is 12.8. The van der Waals surface area contributed by atoms with Crippen LogP contribution in [0.2, 0.25) is 0 Å². The summed E-state index contributed by atoms with van der Waals surface area (Å²) >= 11 is 0. The standard InChI is InChI=1S/C16H18N4O2/c1-10(21)16(2,3)9-22-14-8-13(19-20-14)15-17-11-6-4-5-7-12(11)18-15/h4-8H,9H2,1-3H3,(H,17,18)(H,19,20). The lowest BCUT2D eigenvalue weighted by Crippen LogP contribution is -2.29. The third-order valence-corrected chi connectivity index (χ3v) is 3.73. The number of benzene rings is 1. The number of aromatic amines is 2. The molecule has 114 valence electrons. The van der Waals surface area contributed by atoms with E-state index in [2.05, 4.69) is 20.2 Å². The topological polar surface area (TPSA) is 83.7 Å². The van der Waals surface area contributed by atoms with E-state index in [0.717, 1.165) is 16.7 Å². The first-order chi connectivity index (χ1) is 10.5. The molecule has 0 spiro atoms. The molecule has 1 aromatic carbocycles. The van der Waals surface area contributed by atoms with Gasteiger partial charge in [0, 0.05) is 6.07 Å². The SMILES string of the molecule is CC(=O)C(C)(C)COc1cc(-c2nc3ccccc3[nH]2)[nH]n1. The van der Waals surface area contributed by atoms with E-state index < -0.39 is 5.41 Å². The number of rotatable bonds is 5. The minimum Gasteiger partial charge on any atom is -0.476 e. The number of ketones is 1. The third-order valence-electron chi connectivity index (χ3n) is 3.73. The monoisotopic (exact) mass is 298 g/mol. The first-order valence-corrected chi connectivity index (χ1v) is 7.10. The Kier molecular flexibility index (Phi) is 3.44. The Morgan fingerprint density at radius 2 is 2.09 bits per heavy atom. The van der Waals surface area contributed by atoms with Crippen LogP contribution < -0.4 is 4.74 Å². The van der Waals surface area contributed by atoms with Crippen molar-refractivity contribution in [3.05, 3.63) is 30.3 Å². The fraction of sp³-hybridized carbons (Fsp3) is 0.312. The number of imidazole rings is 1. The number of carbonyl (C=O) groups excluding carboxylic acids is 1. The summed E-state index contributed by atoms with van der Waals surface area (Å²) in [7, 11) is 0. The fourth-order valence-electron chi connectivity index (χ4n) is 1.93. The van der Waals surface area contributed by atoms with Crippen LogP contribution in [0.5, 0.6) is 5.88 Å². The maximum absolute atomic E-state index is 11.5. The Hall–Kier alpha value is -2.63. The van der Waals surface area contributed by atoms with Crippen LogP contribution in [0.25, 0.3) is 22.6 Å². The highest BCUT2D eigenvalue weighted by molar-refractivity contribution is 5.81. The number of fused-ring (bicyclic) bond motifs is 1. The van der Waals surface area contributed by atoms with Crippen LogP contribution in [0.1, 0.15) is 20.8 Å². The second kappa shape index (κ2) is 5.29. The molecule has 6 nitrogen and oxygen atoms in total. The molecule has 3 rings (SSSR count). The summed E-state index contributed by atoms with van der Waals surface area (Å²) < 4.78 is 5.60. The summed E-state index contributed by atoms with van der Waals surface area (Å²) in [4.78, 5) is 19.2. The molecule has 2 heterocycles. The molecule has 0 atom stereocenters. The zero-order chi connectivity index (χ0) is 15.7. The van der Waals surface area contributed by atoms with Gasteiger partial charge in [-0.2, -0.15) is 0 Å².